The summed E-state index contributed by atoms with van der Waals surface area (Å²) >= 11 is 0. The minimum Gasteiger partial charge on any atom is -0.278 e. The second-order valence-electron chi connectivity index (χ2n) is 1.29. The van der Waals surface area contributed by atoms with Crippen LogP contribution in [0.15, 0.2) is 0 Å². The van der Waals surface area contributed by atoms with E-state index in [-0.39, 0.29) is 19.9 Å². The number of amides is 2. The molecule has 38 valence electrons. The van der Waals surface area contributed by atoms with Gasteiger partial charge in [-0.1, -0.05) is 0 Å². The quantitative estimate of drug-likeness (QED) is 0.441. The Morgan fingerprint density at radius 2 is 1.86 bits per heavy atom. The molecule has 1 fully saturated rings. The van der Waals surface area contributed by atoms with Crippen LogP contribution in [0.1, 0.15) is 0 Å². The molecule has 7 heavy (non-hydrogen) atoms. The van der Waals surface area contributed by atoms with Gasteiger partial charge < -0.3 is 0 Å². The number of hydrogen-bond acceptors (Lipinski definition) is 2. The molecule has 4 heteroatoms. The average molecular weight is 117 g/mol. The van der Waals surface area contributed by atoms with E-state index in [0.717, 1.165) is 4.90 Å². The van der Waals surface area contributed by atoms with Crippen molar-refractivity contribution in [2.45, 2.75) is 0 Å². The second-order valence-corrected chi connectivity index (χ2v) is 2.40. The molecule has 0 aromatic carbocycles. The van der Waals surface area contributed by atoms with Gasteiger partial charge in [-0.25, -0.2) is 0 Å². The lowest BCUT2D eigenvalue weighted by Crippen LogP contribution is -2.35. The van der Waals surface area contributed by atoms with Gasteiger partial charge in [-0.2, -0.15) is 0 Å². The third-order valence-corrected chi connectivity index (χ3v) is 1.92. The maximum atomic E-state index is 10.2. The molecule has 0 unspecified atom stereocenters. The zero-order valence-electron chi connectivity index (χ0n) is 3.76. The number of imide groups is 1. The van der Waals surface area contributed by atoms with E-state index in [4.69, 9.17) is 0 Å². The first-order valence-electron chi connectivity index (χ1n) is 1.80. The van der Waals surface area contributed by atoms with E-state index in [1.54, 1.807) is 0 Å². The smallest absolute Gasteiger partial charge is 0.256 e. The Labute approximate surface area is 42.5 Å². The minimum atomic E-state index is -0.103. The van der Waals surface area contributed by atoms with Crippen molar-refractivity contribution < 1.29 is 9.59 Å². The van der Waals surface area contributed by atoms with E-state index in [2.05, 4.69) is 0 Å². The zero-order chi connectivity index (χ0) is 5.44. The topological polar surface area (TPSA) is 37.4 Å². The lowest BCUT2D eigenvalue weighted by Gasteiger charge is -2.22. The van der Waals surface area contributed by atoms with Crippen LogP contribution in [0.3, 0.4) is 0 Å². The van der Waals surface area contributed by atoms with E-state index in [9.17, 15) is 9.59 Å². The van der Waals surface area contributed by atoms with Gasteiger partial charge >= 0.3 is 0 Å². The lowest BCUT2D eigenvalue weighted by molar-refractivity contribution is 0.216. The summed E-state index contributed by atoms with van der Waals surface area (Å²) in [6.45, 7) is 0. The SMILES string of the molecule is CN1C(=O)PC1=O. The normalized spacial score (nSPS) is 19.9. The third-order valence-electron chi connectivity index (χ3n) is 0.823. The van der Waals surface area contributed by atoms with Crippen LogP contribution in [0.5, 0.6) is 0 Å². The van der Waals surface area contributed by atoms with Gasteiger partial charge in [-0.3, -0.25) is 14.5 Å². The van der Waals surface area contributed by atoms with Crippen molar-refractivity contribution in [3.8, 4) is 0 Å². The molecule has 0 saturated carbocycles. The maximum Gasteiger partial charge on any atom is 0.256 e. The number of carbonyl (C=O) groups excluding carboxylic acids is 2. The first kappa shape index (κ1) is 4.72. The maximum absolute atomic E-state index is 10.2. The Bertz CT molecular complexity index is 119. The first-order chi connectivity index (χ1) is 3.22. The highest BCUT2D eigenvalue weighted by Gasteiger charge is 2.29. The van der Waals surface area contributed by atoms with Gasteiger partial charge in [0.15, 0.2) is 0 Å². The van der Waals surface area contributed by atoms with Crippen LogP contribution >= 0.6 is 8.58 Å². The monoisotopic (exact) mass is 117 g/mol. The van der Waals surface area contributed by atoms with Crippen molar-refractivity contribution in [1.82, 2.24) is 4.90 Å². The third kappa shape index (κ3) is 0.530. The highest BCUT2D eigenvalue weighted by Crippen LogP contribution is 2.30. The molecule has 0 atom stereocenters. The number of carbonyl (C=O) groups is 2. The number of hydrogen-bond donors (Lipinski definition) is 0. The van der Waals surface area contributed by atoms with Gasteiger partial charge in [-0.15, -0.1) is 0 Å². The highest BCUT2D eigenvalue weighted by molar-refractivity contribution is 7.77. The van der Waals surface area contributed by atoms with Crippen molar-refractivity contribution in [2.24, 2.45) is 0 Å². The standard InChI is InChI=1S/C3H4NO2P/c1-4-2(5)7-3(4)6/h7H,1H3. The van der Waals surface area contributed by atoms with E-state index >= 15 is 0 Å². The van der Waals surface area contributed by atoms with E-state index in [1.807, 2.05) is 0 Å². The summed E-state index contributed by atoms with van der Waals surface area (Å²) in [7, 11) is 1.38. The minimum absolute atomic E-state index is 0.0509. The van der Waals surface area contributed by atoms with Crippen molar-refractivity contribution in [3.05, 3.63) is 0 Å². The molecule has 1 heterocycles. The lowest BCUT2D eigenvalue weighted by atomic mass is 10.9. The fourth-order valence-corrected chi connectivity index (χ4v) is 0.858. The van der Waals surface area contributed by atoms with Crippen LogP contribution in [0.4, 0.5) is 9.59 Å². The zero-order valence-corrected chi connectivity index (χ0v) is 4.76. The molecule has 1 saturated heterocycles. The molecule has 1 aliphatic rings. The van der Waals surface area contributed by atoms with Crippen LogP contribution in [0, 0.1) is 0 Å². The van der Waals surface area contributed by atoms with Gasteiger partial charge in [0.05, 0.1) is 8.58 Å². The molecule has 2 amide bonds. The van der Waals surface area contributed by atoms with Gasteiger partial charge in [0.1, 0.15) is 0 Å². The highest BCUT2D eigenvalue weighted by atomic mass is 31.1. The van der Waals surface area contributed by atoms with Crippen LogP contribution in [-0.2, 0) is 0 Å². The molecule has 0 radical (unpaired) electrons. The fourth-order valence-electron chi connectivity index (χ4n) is 0.298. The molecular formula is C3H4NO2P. The Balaban J connectivity index is 2.59. The second kappa shape index (κ2) is 1.27. The van der Waals surface area contributed by atoms with Crippen LogP contribution in [0.25, 0.3) is 0 Å². The van der Waals surface area contributed by atoms with Gasteiger partial charge in [0, 0.05) is 7.05 Å². The van der Waals surface area contributed by atoms with Gasteiger partial charge in [-0.05, 0) is 0 Å². The molecule has 1 rings (SSSR count). The largest absolute Gasteiger partial charge is 0.278 e. The number of rotatable bonds is 0. The van der Waals surface area contributed by atoms with Gasteiger partial charge in [0.2, 0.25) is 0 Å². The molecule has 1 aliphatic heterocycles. The first-order valence-corrected chi connectivity index (χ1v) is 2.80. The Morgan fingerprint density at radius 1 is 1.43 bits per heavy atom. The molecule has 0 bridgehead atoms. The predicted octanol–water partition coefficient (Wildman–Crippen LogP) is 0.850. The summed E-state index contributed by atoms with van der Waals surface area (Å²) in [4.78, 5) is 21.4. The van der Waals surface area contributed by atoms with E-state index in [0.29, 0.717) is 0 Å². The summed E-state index contributed by atoms with van der Waals surface area (Å²) in [6.07, 6.45) is 0. The molecule has 0 N–H and O–H groups in total. The molecule has 0 aliphatic carbocycles. The van der Waals surface area contributed by atoms with Crippen LogP contribution in [-0.4, -0.2) is 23.2 Å². The van der Waals surface area contributed by atoms with Crippen molar-refractivity contribution in [2.75, 3.05) is 7.05 Å². The number of nitrogens with zero attached hydrogens (tertiary/aromatic N) is 1. The molecule has 0 aromatic heterocycles. The summed E-state index contributed by atoms with van der Waals surface area (Å²) in [5.74, 6) is 0. The molecule has 0 spiro atoms. The van der Waals surface area contributed by atoms with Crippen molar-refractivity contribution >= 4 is 19.9 Å². The summed E-state index contributed by atoms with van der Waals surface area (Å²) in [6, 6.07) is 0. The predicted molar refractivity (Wildman–Crippen MR) is 26.9 cm³/mol. The Kier molecular flexibility index (Phi) is 0.857. The summed E-state index contributed by atoms with van der Waals surface area (Å²) in [5.41, 5.74) is -0.102. The van der Waals surface area contributed by atoms with Crippen molar-refractivity contribution in [3.63, 3.8) is 0 Å². The summed E-state index contributed by atoms with van der Waals surface area (Å²) < 4.78 is 0. The Morgan fingerprint density at radius 3 is 1.86 bits per heavy atom. The van der Waals surface area contributed by atoms with E-state index in [1.165, 1.54) is 7.05 Å². The molecular weight excluding hydrogens is 113 g/mol. The van der Waals surface area contributed by atoms with E-state index < -0.39 is 0 Å². The molecule has 3 nitrogen and oxygen atoms in total. The fraction of sp³-hybridized carbons (Fsp3) is 0.333. The Hall–Kier alpha value is -0.430. The van der Waals surface area contributed by atoms with Crippen LogP contribution < -0.4 is 0 Å². The van der Waals surface area contributed by atoms with Crippen molar-refractivity contribution in [1.29, 1.82) is 0 Å². The summed E-state index contributed by atoms with van der Waals surface area (Å²) in [5, 5.41) is 0. The van der Waals surface area contributed by atoms with Gasteiger partial charge in [0.25, 0.3) is 11.3 Å². The van der Waals surface area contributed by atoms with Crippen LogP contribution in [0.2, 0.25) is 0 Å². The average Bonchev–Trinajstić information content (AvgIpc) is 1.68. The molecule has 0 aromatic rings.